The van der Waals surface area contributed by atoms with Gasteiger partial charge in [-0.15, -0.1) is 0 Å². The normalized spacial score (nSPS) is 12.4. The molecule has 0 aliphatic rings. The van der Waals surface area contributed by atoms with Gasteiger partial charge in [0.25, 0.3) is 0 Å². The molecule has 0 aromatic heterocycles. The first kappa shape index (κ1) is 15.7. The number of rotatable bonds is 10. The Labute approximate surface area is 101 Å². The van der Waals surface area contributed by atoms with E-state index in [2.05, 4.69) is 32.2 Å². The molecule has 0 aromatic rings. The monoisotopic (exact) mass is 227 g/mol. The number of methoxy groups -OCH3 is 1. The highest BCUT2D eigenvalue weighted by Crippen LogP contribution is 2.11. The topological polar surface area (TPSA) is 21.3 Å². The Kier molecular flexibility index (Phi) is 10.9. The molecule has 0 saturated carbocycles. The largest absolute Gasteiger partial charge is 0.383 e. The van der Waals surface area contributed by atoms with E-state index in [-0.39, 0.29) is 0 Å². The average Bonchev–Trinajstić information content (AvgIpc) is 2.22. The van der Waals surface area contributed by atoms with Crippen molar-refractivity contribution in [3.05, 3.63) is 11.6 Å². The molecule has 0 spiro atoms. The van der Waals surface area contributed by atoms with E-state index >= 15 is 0 Å². The van der Waals surface area contributed by atoms with Crippen LogP contribution in [0.4, 0.5) is 0 Å². The molecular weight excluding hydrogens is 198 g/mol. The molecule has 0 aromatic carbocycles. The van der Waals surface area contributed by atoms with Crippen molar-refractivity contribution in [2.45, 2.75) is 46.5 Å². The van der Waals surface area contributed by atoms with Crippen LogP contribution in [-0.2, 0) is 4.74 Å². The smallest absolute Gasteiger partial charge is 0.0587 e. The van der Waals surface area contributed by atoms with E-state index in [0.29, 0.717) is 0 Å². The fourth-order valence-electron chi connectivity index (χ4n) is 1.61. The Morgan fingerprint density at radius 3 is 2.69 bits per heavy atom. The molecule has 1 N–H and O–H groups in total. The summed E-state index contributed by atoms with van der Waals surface area (Å²) in [5.41, 5.74) is 1.54. The number of ether oxygens (including phenoxy) is 1. The number of hydrogen-bond acceptors (Lipinski definition) is 2. The van der Waals surface area contributed by atoms with Crippen LogP contribution in [0.1, 0.15) is 46.5 Å². The fourth-order valence-corrected chi connectivity index (χ4v) is 1.61. The fraction of sp³-hybridized carbons (Fsp3) is 0.857. The van der Waals surface area contributed by atoms with E-state index in [9.17, 15) is 0 Å². The molecule has 0 rings (SSSR count). The summed E-state index contributed by atoms with van der Waals surface area (Å²) in [5.74, 6) is 0.837. The first-order valence-corrected chi connectivity index (χ1v) is 6.52. The van der Waals surface area contributed by atoms with Gasteiger partial charge in [-0.1, -0.05) is 31.9 Å². The van der Waals surface area contributed by atoms with Crippen LogP contribution in [0.15, 0.2) is 11.6 Å². The second kappa shape index (κ2) is 11.2. The second-order valence-electron chi connectivity index (χ2n) is 4.87. The SMILES string of the molecule is COCCNCC/C=C(/C)CCCC(C)C. The highest BCUT2D eigenvalue weighted by Gasteiger charge is 1.95. The predicted octanol–water partition coefficient (Wildman–Crippen LogP) is 3.39. The summed E-state index contributed by atoms with van der Waals surface area (Å²) < 4.78 is 4.97. The van der Waals surface area contributed by atoms with E-state index in [4.69, 9.17) is 4.74 Å². The maximum atomic E-state index is 4.97. The van der Waals surface area contributed by atoms with Gasteiger partial charge in [-0.3, -0.25) is 0 Å². The predicted molar refractivity (Wildman–Crippen MR) is 71.8 cm³/mol. The Bertz CT molecular complexity index is 176. The first-order valence-electron chi connectivity index (χ1n) is 6.52. The van der Waals surface area contributed by atoms with E-state index in [0.717, 1.165) is 32.0 Å². The molecule has 0 fully saturated rings. The Hall–Kier alpha value is -0.340. The third kappa shape index (κ3) is 11.7. The summed E-state index contributed by atoms with van der Waals surface area (Å²) in [7, 11) is 1.74. The summed E-state index contributed by atoms with van der Waals surface area (Å²) in [6.07, 6.45) is 7.43. The summed E-state index contributed by atoms with van der Waals surface area (Å²) in [6, 6.07) is 0. The van der Waals surface area contributed by atoms with Crippen LogP contribution < -0.4 is 5.32 Å². The molecule has 96 valence electrons. The zero-order chi connectivity index (χ0) is 12.2. The van der Waals surface area contributed by atoms with Gasteiger partial charge < -0.3 is 10.1 Å². The van der Waals surface area contributed by atoms with Crippen molar-refractivity contribution in [2.24, 2.45) is 5.92 Å². The van der Waals surface area contributed by atoms with Crippen molar-refractivity contribution in [1.29, 1.82) is 0 Å². The van der Waals surface area contributed by atoms with Crippen molar-refractivity contribution in [2.75, 3.05) is 26.8 Å². The van der Waals surface area contributed by atoms with Crippen LogP contribution in [0.25, 0.3) is 0 Å². The number of hydrogen-bond donors (Lipinski definition) is 1. The third-order valence-corrected chi connectivity index (χ3v) is 2.65. The molecule has 0 aliphatic heterocycles. The lowest BCUT2D eigenvalue weighted by Gasteiger charge is -2.05. The number of allylic oxidation sites excluding steroid dienone is 1. The van der Waals surface area contributed by atoms with Crippen molar-refractivity contribution in [1.82, 2.24) is 5.32 Å². The van der Waals surface area contributed by atoms with Crippen LogP contribution in [0.2, 0.25) is 0 Å². The highest BCUT2D eigenvalue weighted by atomic mass is 16.5. The molecule has 0 atom stereocenters. The zero-order valence-corrected chi connectivity index (χ0v) is 11.5. The molecule has 0 radical (unpaired) electrons. The van der Waals surface area contributed by atoms with Gasteiger partial charge in [0, 0.05) is 13.7 Å². The standard InChI is InChI=1S/C14H29NO/c1-13(2)7-5-8-14(3)9-6-10-15-11-12-16-4/h9,13,15H,5-8,10-12H2,1-4H3/b14-9-. The van der Waals surface area contributed by atoms with Crippen molar-refractivity contribution >= 4 is 0 Å². The molecular formula is C14H29NO. The molecule has 0 aliphatic carbocycles. The highest BCUT2D eigenvalue weighted by molar-refractivity contribution is 4.97. The minimum Gasteiger partial charge on any atom is -0.383 e. The average molecular weight is 227 g/mol. The summed E-state index contributed by atoms with van der Waals surface area (Å²) >= 11 is 0. The quantitative estimate of drug-likeness (QED) is 0.456. The van der Waals surface area contributed by atoms with E-state index in [1.54, 1.807) is 7.11 Å². The maximum absolute atomic E-state index is 4.97. The van der Waals surface area contributed by atoms with Gasteiger partial charge in [-0.05, 0) is 38.6 Å². The molecule has 16 heavy (non-hydrogen) atoms. The van der Waals surface area contributed by atoms with E-state index in [1.807, 2.05) is 0 Å². The number of nitrogens with one attached hydrogen (secondary N) is 1. The van der Waals surface area contributed by atoms with Crippen LogP contribution in [-0.4, -0.2) is 26.8 Å². The molecule has 2 nitrogen and oxygen atoms in total. The van der Waals surface area contributed by atoms with Crippen LogP contribution >= 0.6 is 0 Å². The lowest BCUT2D eigenvalue weighted by Crippen LogP contribution is -2.19. The van der Waals surface area contributed by atoms with Crippen LogP contribution in [0.3, 0.4) is 0 Å². The van der Waals surface area contributed by atoms with Gasteiger partial charge in [0.1, 0.15) is 0 Å². The van der Waals surface area contributed by atoms with Crippen LogP contribution in [0.5, 0.6) is 0 Å². The molecule has 0 unspecified atom stereocenters. The van der Waals surface area contributed by atoms with Gasteiger partial charge in [0.2, 0.25) is 0 Å². The van der Waals surface area contributed by atoms with Gasteiger partial charge in [0.05, 0.1) is 6.61 Å². The summed E-state index contributed by atoms with van der Waals surface area (Å²) in [6.45, 7) is 9.64. The minimum absolute atomic E-state index is 0.803. The third-order valence-electron chi connectivity index (χ3n) is 2.65. The van der Waals surface area contributed by atoms with Gasteiger partial charge in [-0.25, -0.2) is 0 Å². The maximum Gasteiger partial charge on any atom is 0.0587 e. The van der Waals surface area contributed by atoms with Crippen molar-refractivity contribution in [3.63, 3.8) is 0 Å². The van der Waals surface area contributed by atoms with Crippen LogP contribution in [0, 0.1) is 5.92 Å². The van der Waals surface area contributed by atoms with Gasteiger partial charge >= 0.3 is 0 Å². The Morgan fingerprint density at radius 2 is 2.06 bits per heavy atom. The Morgan fingerprint density at radius 1 is 1.31 bits per heavy atom. The van der Waals surface area contributed by atoms with E-state index in [1.165, 1.54) is 24.8 Å². The van der Waals surface area contributed by atoms with E-state index < -0.39 is 0 Å². The molecule has 0 bridgehead atoms. The van der Waals surface area contributed by atoms with Crippen molar-refractivity contribution < 1.29 is 4.74 Å². The second-order valence-corrected chi connectivity index (χ2v) is 4.87. The molecule has 0 amide bonds. The first-order chi connectivity index (χ1) is 7.66. The summed E-state index contributed by atoms with van der Waals surface area (Å²) in [5, 5.41) is 3.35. The summed E-state index contributed by atoms with van der Waals surface area (Å²) in [4.78, 5) is 0. The lowest BCUT2D eigenvalue weighted by atomic mass is 10.0. The zero-order valence-electron chi connectivity index (χ0n) is 11.5. The lowest BCUT2D eigenvalue weighted by molar-refractivity contribution is 0.199. The molecule has 0 heterocycles. The van der Waals surface area contributed by atoms with Crippen molar-refractivity contribution in [3.8, 4) is 0 Å². The van der Waals surface area contributed by atoms with Gasteiger partial charge in [0.15, 0.2) is 0 Å². The molecule has 2 heteroatoms. The minimum atomic E-state index is 0.803. The van der Waals surface area contributed by atoms with Gasteiger partial charge in [-0.2, -0.15) is 0 Å². The Balaban J connectivity index is 3.33. The molecule has 0 saturated heterocycles.